The Morgan fingerprint density at radius 2 is 1.88 bits per heavy atom. The van der Waals surface area contributed by atoms with Gasteiger partial charge in [-0.15, -0.1) is 0 Å². The molecule has 0 spiro atoms. The van der Waals surface area contributed by atoms with Crippen LogP contribution in [0.3, 0.4) is 0 Å². The monoisotopic (exact) mass is 474 g/mol. The van der Waals surface area contributed by atoms with Crippen LogP contribution in [0.4, 0.5) is 18.9 Å². The molecule has 0 radical (unpaired) electrons. The molecular formula is C23H21F3N4O4. The number of aromatic nitrogens is 3. The van der Waals surface area contributed by atoms with E-state index in [9.17, 15) is 28.2 Å². The van der Waals surface area contributed by atoms with Gasteiger partial charge in [0, 0.05) is 6.42 Å². The molecule has 3 aromatic rings. The van der Waals surface area contributed by atoms with Gasteiger partial charge < -0.3 is 20.3 Å². The zero-order chi connectivity index (χ0) is 24.4. The van der Waals surface area contributed by atoms with E-state index in [-0.39, 0.29) is 23.5 Å². The molecule has 1 amide bonds. The van der Waals surface area contributed by atoms with Crippen LogP contribution in [0.2, 0.25) is 0 Å². The topological polar surface area (TPSA) is 117 Å². The smallest absolute Gasteiger partial charge is 0.274 e. The number of aliphatic hydroxyl groups excluding tert-OH is 2. The Morgan fingerprint density at radius 3 is 2.59 bits per heavy atom. The number of halogens is 3. The van der Waals surface area contributed by atoms with E-state index in [4.69, 9.17) is 4.74 Å². The number of nitrogens with one attached hydrogen (secondary N) is 1. The Labute approximate surface area is 192 Å². The summed E-state index contributed by atoms with van der Waals surface area (Å²) in [5, 5.41) is 22.8. The number of carbonyl (C=O) groups is 1. The normalized spacial score (nSPS) is 22.4. The molecule has 11 heteroatoms. The van der Waals surface area contributed by atoms with Crippen molar-refractivity contribution in [3.63, 3.8) is 0 Å². The summed E-state index contributed by atoms with van der Waals surface area (Å²) in [5.41, 5.74) is -1.24. The first kappa shape index (κ1) is 23.7. The van der Waals surface area contributed by atoms with Gasteiger partial charge in [0.15, 0.2) is 0 Å². The number of rotatable bonds is 5. The van der Waals surface area contributed by atoms with Gasteiger partial charge in [-0.05, 0) is 30.7 Å². The lowest BCUT2D eigenvalue weighted by Gasteiger charge is -2.37. The van der Waals surface area contributed by atoms with Crippen molar-refractivity contribution in [1.29, 1.82) is 0 Å². The first-order chi connectivity index (χ1) is 16.3. The molecule has 0 aliphatic carbocycles. The zero-order valence-corrected chi connectivity index (χ0v) is 18.0. The van der Waals surface area contributed by atoms with Gasteiger partial charge in [0.05, 0.1) is 35.3 Å². The van der Waals surface area contributed by atoms with Gasteiger partial charge in [-0.3, -0.25) is 4.79 Å². The molecule has 4 atom stereocenters. The average Bonchev–Trinajstić information content (AvgIpc) is 2.82. The van der Waals surface area contributed by atoms with Gasteiger partial charge >= 0.3 is 0 Å². The van der Waals surface area contributed by atoms with Crippen molar-refractivity contribution >= 4 is 11.6 Å². The van der Waals surface area contributed by atoms with Crippen LogP contribution in [0.1, 0.15) is 42.1 Å². The predicted octanol–water partition coefficient (Wildman–Crippen LogP) is 3.17. The Bertz CT molecular complexity index is 1190. The fourth-order valence-electron chi connectivity index (χ4n) is 3.81. The van der Waals surface area contributed by atoms with Gasteiger partial charge in [-0.2, -0.15) is 0 Å². The van der Waals surface area contributed by atoms with Crippen LogP contribution in [-0.2, 0) is 4.74 Å². The first-order valence-electron chi connectivity index (χ1n) is 10.5. The maximum Gasteiger partial charge on any atom is 0.274 e. The van der Waals surface area contributed by atoms with Crippen LogP contribution >= 0.6 is 0 Å². The summed E-state index contributed by atoms with van der Waals surface area (Å²) < 4.78 is 48.5. The number of benzene rings is 1. The molecule has 8 nitrogen and oxygen atoms in total. The van der Waals surface area contributed by atoms with Crippen molar-refractivity contribution in [1.82, 2.24) is 15.0 Å². The molecule has 4 rings (SSSR count). The first-order valence-corrected chi connectivity index (χ1v) is 10.5. The number of pyridine rings is 1. The van der Waals surface area contributed by atoms with Crippen LogP contribution in [0, 0.1) is 17.5 Å². The highest BCUT2D eigenvalue weighted by Gasteiger charge is 2.38. The number of nitrogens with zero attached hydrogens (tertiary/aromatic N) is 3. The van der Waals surface area contributed by atoms with Crippen LogP contribution < -0.4 is 5.32 Å². The Balaban J connectivity index is 1.63. The second-order valence-electron chi connectivity index (χ2n) is 7.76. The molecule has 1 fully saturated rings. The number of hydrogen-bond acceptors (Lipinski definition) is 7. The second kappa shape index (κ2) is 9.84. The van der Waals surface area contributed by atoms with Crippen molar-refractivity contribution in [2.75, 3.05) is 5.32 Å². The van der Waals surface area contributed by atoms with Gasteiger partial charge in [-0.1, -0.05) is 13.0 Å². The molecule has 0 saturated carbocycles. The van der Waals surface area contributed by atoms with E-state index in [1.165, 1.54) is 12.5 Å². The maximum atomic E-state index is 14.3. The van der Waals surface area contributed by atoms with Crippen molar-refractivity contribution in [2.24, 2.45) is 0 Å². The Hall–Kier alpha value is -3.41. The second-order valence-corrected chi connectivity index (χ2v) is 7.76. The number of aliphatic hydroxyl groups is 2. The molecule has 0 unspecified atom stereocenters. The highest BCUT2D eigenvalue weighted by molar-refractivity contribution is 6.03. The summed E-state index contributed by atoms with van der Waals surface area (Å²) in [5.74, 6) is -3.86. The number of anilines is 1. The van der Waals surface area contributed by atoms with Crippen molar-refractivity contribution in [3.05, 3.63) is 71.7 Å². The van der Waals surface area contributed by atoms with Crippen LogP contribution in [-0.4, -0.2) is 49.4 Å². The fourth-order valence-corrected chi connectivity index (χ4v) is 3.81. The van der Waals surface area contributed by atoms with E-state index >= 15 is 0 Å². The Morgan fingerprint density at radius 1 is 1.15 bits per heavy atom. The molecule has 1 aliphatic heterocycles. The van der Waals surface area contributed by atoms with E-state index < -0.39 is 59.0 Å². The standard InChI is InChI=1S/C23H21F3N4O4/c1-2-17-22(32)16(31)8-18(34-17)21-15(9-27-10-28-21)30-23(33)14-7-6-13(26)20(29-14)19-11(24)4-3-5-12(19)25/h3-7,9-10,16-18,22,31-32H,2,8H2,1H3,(H,30,33)/t16-,17-,18-,22+/m1/s1. The molecule has 0 bridgehead atoms. The lowest BCUT2D eigenvalue weighted by Crippen LogP contribution is -2.45. The molecule has 3 heterocycles. The molecule has 34 heavy (non-hydrogen) atoms. The molecule has 2 aromatic heterocycles. The number of ether oxygens (including phenoxy) is 1. The third kappa shape index (κ3) is 4.63. The van der Waals surface area contributed by atoms with Gasteiger partial charge in [0.25, 0.3) is 5.91 Å². The van der Waals surface area contributed by atoms with Crippen molar-refractivity contribution in [3.8, 4) is 11.3 Å². The molecule has 1 aliphatic rings. The molecule has 1 aromatic carbocycles. The third-order valence-corrected chi connectivity index (χ3v) is 5.55. The van der Waals surface area contributed by atoms with Crippen LogP contribution in [0.5, 0.6) is 0 Å². The van der Waals surface area contributed by atoms with E-state index in [0.717, 1.165) is 30.3 Å². The third-order valence-electron chi connectivity index (χ3n) is 5.55. The summed E-state index contributed by atoms with van der Waals surface area (Å²) in [6, 6.07) is 5.00. The number of hydrogen-bond donors (Lipinski definition) is 3. The average molecular weight is 474 g/mol. The largest absolute Gasteiger partial charge is 0.390 e. The lowest BCUT2D eigenvalue weighted by molar-refractivity contribution is -0.171. The molecule has 3 N–H and O–H groups in total. The van der Waals surface area contributed by atoms with Crippen molar-refractivity contribution in [2.45, 2.75) is 44.2 Å². The van der Waals surface area contributed by atoms with Gasteiger partial charge in [0.1, 0.15) is 47.4 Å². The summed E-state index contributed by atoms with van der Waals surface area (Å²) >= 11 is 0. The zero-order valence-electron chi connectivity index (χ0n) is 18.0. The highest BCUT2D eigenvalue weighted by Crippen LogP contribution is 2.35. The van der Waals surface area contributed by atoms with Crippen LogP contribution in [0.25, 0.3) is 11.3 Å². The maximum absolute atomic E-state index is 14.3. The lowest BCUT2D eigenvalue weighted by atomic mass is 9.94. The molecule has 178 valence electrons. The van der Waals surface area contributed by atoms with E-state index in [1.807, 2.05) is 0 Å². The minimum atomic E-state index is -1.06. The van der Waals surface area contributed by atoms with E-state index in [0.29, 0.717) is 6.42 Å². The number of amides is 1. The minimum absolute atomic E-state index is 0.0308. The van der Waals surface area contributed by atoms with Crippen LogP contribution in [0.15, 0.2) is 42.9 Å². The van der Waals surface area contributed by atoms with Gasteiger partial charge in [-0.25, -0.2) is 28.1 Å². The SMILES string of the molecule is CC[C@H]1O[C@@H](c2ncncc2NC(=O)c2ccc(F)c(-c3c(F)cccc3F)n2)C[C@@H](O)[C@@H]1O. The Kier molecular flexibility index (Phi) is 6.87. The summed E-state index contributed by atoms with van der Waals surface area (Å²) in [7, 11) is 0. The fraction of sp³-hybridized carbons (Fsp3) is 0.304. The summed E-state index contributed by atoms with van der Waals surface area (Å²) in [6.07, 6.45) is -0.472. The quantitative estimate of drug-likeness (QED) is 0.520. The molecule has 1 saturated heterocycles. The summed E-state index contributed by atoms with van der Waals surface area (Å²) in [4.78, 5) is 24.8. The minimum Gasteiger partial charge on any atom is -0.390 e. The van der Waals surface area contributed by atoms with E-state index in [2.05, 4.69) is 20.3 Å². The van der Waals surface area contributed by atoms with Gasteiger partial charge in [0.2, 0.25) is 0 Å². The highest BCUT2D eigenvalue weighted by atomic mass is 19.1. The predicted molar refractivity (Wildman–Crippen MR) is 114 cm³/mol. The number of carbonyl (C=O) groups excluding carboxylic acids is 1. The molecular weight excluding hydrogens is 453 g/mol. The summed E-state index contributed by atoms with van der Waals surface area (Å²) in [6.45, 7) is 1.79. The van der Waals surface area contributed by atoms with Crippen molar-refractivity contribution < 1.29 is 32.9 Å². The van der Waals surface area contributed by atoms with E-state index in [1.54, 1.807) is 6.92 Å².